The zero-order valence-electron chi connectivity index (χ0n) is 14.9. The van der Waals surface area contributed by atoms with Crippen molar-refractivity contribution < 1.29 is 14.1 Å². The molecule has 1 aliphatic heterocycles. The van der Waals surface area contributed by atoms with Crippen LogP contribution in [0.3, 0.4) is 0 Å². The number of rotatable bonds is 7. The van der Waals surface area contributed by atoms with E-state index in [2.05, 4.69) is 10.1 Å². The van der Waals surface area contributed by atoms with Gasteiger partial charge in [-0.15, -0.1) is 0 Å². The number of nitrogens with zero attached hydrogens (tertiary/aromatic N) is 3. The molecule has 3 rings (SSSR count). The van der Waals surface area contributed by atoms with Crippen molar-refractivity contribution in [2.45, 2.75) is 45.8 Å². The molecule has 2 heterocycles. The molecule has 134 valence electrons. The van der Waals surface area contributed by atoms with Crippen molar-refractivity contribution in [3.8, 4) is 0 Å². The predicted octanol–water partition coefficient (Wildman–Crippen LogP) is 3.15. The molecule has 1 saturated heterocycles. The van der Waals surface area contributed by atoms with E-state index >= 15 is 0 Å². The number of aromatic nitrogens is 2. The van der Waals surface area contributed by atoms with E-state index in [4.69, 9.17) is 9.26 Å². The van der Waals surface area contributed by atoms with E-state index < -0.39 is 0 Å². The van der Waals surface area contributed by atoms with Crippen LogP contribution in [0.1, 0.15) is 50.0 Å². The van der Waals surface area contributed by atoms with Crippen LogP contribution in [0.25, 0.3) is 0 Å². The van der Waals surface area contributed by atoms with Crippen molar-refractivity contribution in [1.29, 1.82) is 0 Å². The molecule has 0 saturated carbocycles. The zero-order chi connectivity index (χ0) is 17.6. The Morgan fingerprint density at radius 1 is 1.36 bits per heavy atom. The molecule has 1 aromatic carbocycles. The van der Waals surface area contributed by atoms with Crippen LogP contribution in [-0.2, 0) is 22.6 Å². The van der Waals surface area contributed by atoms with Gasteiger partial charge in [0, 0.05) is 18.9 Å². The Morgan fingerprint density at radius 3 is 2.92 bits per heavy atom. The highest BCUT2D eigenvalue weighted by Gasteiger charge is 2.34. The van der Waals surface area contributed by atoms with Gasteiger partial charge < -0.3 is 14.2 Å². The van der Waals surface area contributed by atoms with E-state index in [1.807, 2.05) is 49.1 Å². The van der Waals surface area contributed by atoms with Crippen molar-refractivity contribution in [3.63, 3.8) is 0 Å². The number of carbonyl (C=O) groups excluding carboxylic acids is 1. The first-order valence-corrected chi connectivity index (χ1v) is 8.90. The van der Waals surface area contributed by atoms with Gasteiger partial charge in [-0.25, -0.2) is 0 Å². The summed E-state index contributed by atoms with van der Waals surface area (Å²) in [4.78, 5) is 18.6. The Morgan fingerprint density at radius 2 is 2.16 bits per heavy atom. The summed E-state index contributed by atoms with van der Waals surface area (Å²) in [6.45, 7) is 5.71. The topological polar surface area (TPSA) is 68.5 Å². The van der Waals surface area contributed by atoms with Gasteiger partial charge in [-0.2, -0.15) is 4.98 Å². The lowest BCUT2D eigenvalue weighted by Gasteiger charge is -2.23. The first-order chi connectivity index (χ1) is 12.1. The number of benzene rings is 1. The number of likely N-dealkylation sites (tertiary alicyclic amines) is 1. The van der Waals surface area contributed by atoms with Gasteiger partial charge in [-0.1, -0.05) is 49.3 Å². The van der Waals surface area contributed by atoms with Gasteiger partial charge in [-0.05, 0) is 18.4 Å². The molecule has 0 aliphatic carbocycles. The van der Waals surface area contributed by atoms with Gasteiger partial charge in [0.05, 0.1) is 13.2 Å². The third-order valence-electron chi connectivity index (χ3n) is 4.38. The second-order valence-electron chi connectivity index (χ2n) is 6.68. The molecular formula is C19H25N3O3. The minimum atomic E-state index is -0.0820. The molecular weight excluding hydrogens is 318 g/mol. The van der Waals surface area contributed by atoms with Gasteiger partial charge in [0.2, 0.25) is 11.8 Å². The van der Waals surface area contributed by atoms with E-state index in [1.165, 1.54) is 0 Å². The van der Waals surface area contributed by atoms with Crippen molar-refractivity contribution in [1.82, 2.24) is 15.0 Å². The third kappa shape index (κ3) is 4.45. The van der Waals surface area contributed by atoms with Crippen molar-refractivity contribution in [2.75, 3.05) is 13.2 Å². The second-order valence-corrected chi connectivity index (χ2v) is 6.68. The Kier molecular flexibility index (Phi) is 5.81. The highest BCUT2D eigenvalue weighted by molar-refractivity contribution is 5.78. The molecule has 1 unspecified atom stereocenters. The number of hydrogen-bond donors (Lipinski definition) is 0. The minimum absolute atomic E-state index is 0.0191. The Balaban J connectivity index is 1.51. The molecule has 0 radical (unpaired) electrons. The van der Waals surface area contributed by atoms with E-state index in [-0.39, 0.29) is 17.9 Å². The largest absolute Gasteiger partial charge is 0.376 e. The quantitative estimate of drug-likeness (QED) is 0.722. The van der Waals surface area contributed by atoms with Crippen molar-refractivity contribution in [2.24, 2.45) is 5.92 Å². The molecule has 1 atom stereocenters. The molecule has 2 aromatic rings. The summed E-state index contributed by atoms with van der Waals surface area (Å²) in [6.07, 6.45) is 2.45. The van der Waals surface area contributed by atoms with Gasteiger partial charge in [0.25, 0.3) is 0 Å². The molecule has 1 aliphatic rings. The summed E-state index contributed by atoms with van der Waals surface area (Å²) in [5, 5.41) is 4.04. The van der Waals surface area contributed by atoms with Crippen LogP contribution in [0.5, 0.6) is 0 Å². The summed E-state index contributed by atoms with van der Waals surface area (Å²) in [5.41, 5.74) is 1.14. The molecule has 1 aromatic heterocycles. The number of hydrogen-bond acceptors (Lipinski definition) is 5. The molecule has 1 amide bonds. The fourth-order valence-electron chi connectivity index (χ4n) is 3.05. The van der Waals surface area contributed by atoms with Crippen LogP contribution >= 0.6 is 0 Å². The van der Waals surface area contributed by atoms with Gasteiger partial charge in [-0.3, -0.25) is 4.79 Å². The van der Waals surface area contributed by atoms with Crippen LogP contribution in [0.2, 0.25) is 0 Å². The third-order valence-corrected chi connectivity index (χ3v) is 4.38. The van der Waals surface area contributed by atoms with E-state index in [0.29, 0.717) is 31.3 Å². The van der Waals surface area contributed by atoms with Crippen LogP contribution in [0, 0.1) is 5.92 Å². The summed E-state index contributed by atoms with van der Waals surface area (Å²) in [5.74, 6) is 1.30. The van der Waals surface area contributed by atoms with Gasteiger partial charge in [0.1, 0.15) is 6.04 Å². The monoisotopic (exact) mass is 343 g/mol. The average molecular weight is 343 g/mol. The molecule has 0 spiro atoms. The maximum atomic E-state index is 12.3. The first kappa shape index (κ1) is 17.6. The number of amides is 1. The van der Waals surface area contributed by atoms with Crippen LogP contribution in [-0.4, -0.2) is 34.1 Å². The average Bonchev–Trinajstić information content (AvgIpc) is 3.28. The maximum Gasteiger partial charge on any atom is 0.249 e. The molecule has 1 fully saturated rings. The highest BCUT2D eigenvalue weighted by atomic mass is 16.5. The zero-order valence-corrected chi connectivity index (χ0v) is 14.9. The second kappa shape index (κ2) is 8.25. The van der Waals surface area contributed by atoms with E-state index in [1.54, 1.807) is 0 Å². The lowest BCUT2D eigenvalue weighted by molar-refractivity contribution is -0.135. The Bertz CT molecular complexity index is 684. The van der Waals surface area contributed by atoms with Crippen LogP contribution in [0.15, 0.2) is 34.9 Å². The fraction of sp³-hybridized carbons (Fsp3) is 0.526. The predicted molar refractivity (Wildman–Crippen MR) is 92.6 cm³/mol. The van der Waals surface area contributed by atoms with E-state index in [0.717, 1.165) is 24.9 Å². The highest BCUT2D eigenvalue weighted by Crippen LogP contribution is 2.32. The lowest BCUT2D eigenvalue weighted by Crippen LogP contribution is -2.33. The minimum Gasteiger partial charge on any atom is -0.376 e. The molecule has 0 N–H and O–H groups in total. The summed E-state index contributed by atoms with van der Waals surface area (Å²) in [6, 6.07) is 9.97. The van der Waals surface area contributed by atoms with Crippen molar-refractivity contribution >= 4 is 5.91 Å². The normalized spacial score (nSPS) is 17.4. The van der Waals surface area contributed by atoms with E-state index in [9.17, 15) is 4.79 Å². The summed E-state index contributed by atoms with van der Waals surface area (Å²) in [7, 11) is 0. The summed E-state index contributed by atoms with van der Waals surface area (Å²) >= 11 is 0. The van der Waals surface area contributed by atoms with Crippen LogP contribution in [0.4, 0.5) is 0 Å². The Labute approximate surface area is 148 Å². The fourth-order valence-corrected chi connectivity index (χ4v) is 3.05. The molecule has 25 heavy (non-hydrogen) atoms. The maximum absolute atomic E-state index is 12.3. The summed E-state index contributed by atoms with van der Waals surface area (Å²) < 4.78 is 11.1. The van der Waals surface area contributed by atoms with Gasteiger partial charge in [0.15, 0.2) is 5.82 Å². The van der Waals surface area contributed by atoms with Crippen molar-refractivity contribution in [3.05, 3.63) is 47.6 Å². The van der Waals surface area contributed by atoms with Crippen LogP contribution < -0.4 is 0 Å². The molecule has 6 nitrogen and oxygen atoms in total. The Hall–Kier alpha value is -2.21. The lowest BCUT2D eigenvalue weighted by atomic mass is 10.1. The standard InChI is InChI=1S/C19H25N3O3/c1-14(2)19(23)22-11-6-9-16(22)18-20-17(21-25-18)10-12-24-13-15-7-4-3-5-8-15/h3-5,7-8,14,16H,6,9-13H2,1-2H3. The van der Waals surface area contributed by atoms with Gasteiger partial charge >= 0.3 is 0 Å². The number of ether oxygens (including phenoxy) is 1. The first-order valence-electron chi connectivity index (χ1n) is 8.90. The smallest absolute Gasteiger partial charge is 0.249 e. The SMILES string of the molecule is CC(C)C(=O)N1CCCC1c1nc(CCOCc2ccccc2)no1. The molecule has 6 heteroatoms. The number of carbonyl (C=O) groups is 1. The molecule has 0 bridgehead atoms.